The average Bonchev–Trinajstić information content (AvgIpc) is 3.50. The van der Waals surface area contributed by atoms with Crippen LogP contribution in [0.15, 0.2) is 41.5 Å². The number of carbonyl (C=O) groups is 2. The van der Waals surface area contributed by atoms with E-state index in [1.165, 1.54) is 24.7 Å². The lowest BCUT2D eigenvalue weighted by atomic mass is 9.96. The van der Waals surface area contributed by atoms with Gasteiger partial charge in [-0.25, -0.2) is 14.6 Å². The number of nitrogens with zero attached hydrogens (tertiary/aromatic N) is 3. The third-order valence-corrected chi connectivity index (χ3v) is 9.70. The lowest BCUT2D eigenvalue weighted by molar-refractivity contribution is -0.145. The predicted octanol–water partition coefficient (Wildman–Crippen LogP) is 1.49. The van der Waals surface area contributed by atoms with Crippen LogP contribution in [0.2, 0.25) is 0 Å². The van der Waals surface area contributed by atoms with Crippen molar-refractivity contribution in [2.24, 2.45) is 5.41 Å². The second-order valence-corrected chi connectivity index (χ2v) is 14.1. The van der Waals surface area contributed by atoms with E-state index in [2.05, 4.69) is 20.0 Å². The Kier molecular flexibility index (Phi) is 10.9. The molecule has 16 nitrogen and oxygen atoms in total. The molecule has 0 amide bonds. The lowest BCUT2D eigenvalue weighted by Gasteiger charge is -2.27. The van der Waals surface area contributed by atoms with Crippen molar-refractivity contribution in [3.8, 4) is 0 Å². The second-order valence-electron chi connectivity index (χ2n) is 11.2. The average molecular weight is 669 g/mol. The molecule has 0 bridgehead atoms. The van der Waals surface area contributed by atoms with Crippen LogP contribution in [0.5, 0.6) is 0 Å². The Balaban J connectivity index is 1.43. The van der Waals surface area contributed by atoms with E-state index in [9.17, 15) is 29.2 Å². The number of nitrogen functional groups attached to an aromatic ring is 1. The maximum Gasteiger partial charge on any atom is 0.405 e. The van der Waals surface area contributed by atoms with Crippen LogP contribution in [0.1, 0.15) is 39.5 Å². The molecule has 0 spiro atoms. The molecule has 246 valence electrons. The van der Waals surface area contributed by atoms with E-state index in [1.54, 1.807) is 13.8 Å². The summed E-state index contributed by atoms with van der Waals surface area (Å²) in [5.41, 5.74) is 2.99. The molecule has 4 rings (SSSR count). The van der Waals surface area contributed by atoms with Crippen LogP contribution in [0.4, 0.5) is 5.95 Å². The van der Waals surface area contributed by atoms with Gasteiger partial charge in [-0.05, 0) is 26.3 Å². The molecule has 0 radical (unpaired) electrons. The Morgan fingerprint density at radius 1 is 1.29 bits per heavy atom. The van der Waals surface area contributed by atoms with E-state index < -0.39 is 55.3 Å². The Labute approximate surface area is 262 Å². The highest BCUT2D eigenvalue weighted by atomic mass is 32.2. The molecule has 1 saturated heterocycles. The van der Waals surface area contributed by atoms with Crippen molar-refractivity contribution in [1.82, 2.24) is 24.6 Å². The van der Waals surface area contributed by atoms with Gasteiger partial charge in [0.1, 0.15) is 24.4 Å². The standard InChI is InChI=1S/C27H37N6O10PS/c1-16(34)40-14-26(2,3)24(37)45-11-10-41-44(39,30-12-17-8-6-5-7-9-17)42-13-18-20(35)27(4,38)23(43-18)33-15-29-19-21(33)31-25(28)32-22(19)36/h5-9,15,18,20,23,35,38H,10-14H2,1-4H3,(H,30,39)(H3,28,31,32,36). The van der Waals surface area contributed by atoms with E-state index in [1.807, 2.05) is 30.3 Å². The third kappa shape index (κ3) is 8.37. The quantitative estimate of drug-likeness (QED) is 0.0931. The molecule has 1 aromatic carbocycles. The van der Waals surface area contributed by atoms with Crippen LogP contribution in [-0.2, 0) is 39.2 Å². The van der Waals surface area contributed by atoms with Crippen LogP contribution < -0.4 is 16.4 Å². The fourth-order valence-corrected chi connectivity index (χ4v) is 6.64. The summed E-state index contributed by atoms with van der Waals surface area (Å²) < 4.78 is 37.3. The first-order valence-electron chi connectivity index (χ1n) is 13.9. The van der Waals surface area contributed by atoms with Crippen LogP contribution in [-0.4, -0.2) is 84.2 Å². The van der Waals surface area contributed by atoms with Crippen molar-refractivity contribution in [3.63, 3.8) is 0 Å². The maximum atomic E-state index is 13.8. The van der Waals surface area contributed by atoms with Crippen molar-refractivity contribution >= 4 is 47.7 Å². The summed E-state index contributed by atoms with van der Waals surface area (Å²) in [5.74, 6) is -0.556. The Bertz CT molecular complexity index is 1610. The summed E-state index contributed by atoms with van der Waals surface area (Å²) in [6, 6.07) is 9.07. The van der Waals surface area contributed by atoms with Gasteiger partial charge in [0.15, 0.2) is 22.5 Å². The fourth-order valence-electron chi connectivity index (χ4n) is 4.40. The molecule has 0 aliphatic carbocycles. The van der Waals surface area contributed by atoms with Crippen LogP contribution in [0, 0.1) is 5.41 Å². The Morgan fingerprint density at radius 2 is 2.00 bits per heavy atom. The number of rotatable bonds is 14. The predicted molar refractivity (Wildman–Crippen MR) is 164 cm³/mol. The summed E-state index contributed by atoms with van der Waals surface area (Å²) in [6.07, 6.45) is -2.77. The van der Waals surface area contributed by atoms with Crippen LogP contribution >= 0.6 is 19.5 Å². The van der Waals surface area contributed by atoms with Gasteiger partial charge in [0.25, 0.3) is 5.56 Å². The minimum atomic E-state index is -4.07. The number of esters is 1. The highest BCUT2D eigenvalue weighted by molar-refractivity contribution is 8.13. The van der Waals surface area contributed by atoms with Crippen molar-refractivity contribution < 1.29 is 42.9 Å². The number of imidazole rings is 1. The number of carbonyl (C=O) groups excluding carboxylic acids is 2. The topological polar surface area (TPSA) is 230 Å². The number of anilines is 1. The molecule has 45 heavy (non-hydrogen) atoms. The van der Waals surface area contributed by atoms with E-state index in [0.717, 1.165) is 17.3 Å². The smallest absolute Gasteiger partial charge is 0.405 e. The Hall–Kier alpha value is -3.15. The summed E-state index contributed by atoms with van der Waals surface area (Å²) in [6.45, 7) is 5.26. The molecule has 5 unspecified atom stereocenters. The number of hydrogen-bond donors (Lipinski definition) is 5. The van der Waals surface area contributed by atoms with Gasteiger partial charge in [-0.1, -0.05) is 42.1 Å². The monoisotopic (exact) mass is 668 g/mol. The van der Waals surface area contributed by atoms with Gasteiger partial charge in [0.05, 0.1) is 25.0 Å². The highest BCUT2D eigenvalue weighted by Gasteiger charge is 2.54. The number of aliphatic hydroxyl groups is 2. The van der Waals surface area contributed by atoms with Crippen molar-refractivity contribution in [2.75, 3.05) is 31.3 Å². The molecular weight excluding hydrogens is 631 g/mol. The zero-order chi connectivity index (χ0) is 33.0. The minimum absolute atomic E-state index is 0.0249. The van der Waals surface area contributed by atoms with Crippen molar-refractivity contribution in [2.45, 2.75) is 58.3 Å². The van der Waals surface area contributed by atoms with Gasteiger partial charge in [-0.15, -0.1) is 0 Å². The number of benzene rings is 1. The van der Waals surface area contributed by atoms with Gasteiger partial charge in [0, 0.05) is 19.2 Å². The number of nitrogens with two attached hydrogens (primary N) is 1. The molecule has 1 aliphatic heterocycles. The summed E-state index contributed by atoms with van der Waals surface area (Å²) in [7, 11) is -4.07. The molecule has 1 fully saturated rings. The fraction of sp³-hybridized carbons (Fsp3) is 0.519. The number of aromatic amines is 1. The third-order valence-electron chi connectivity index (χ3n) is 6.95. The number of nitrogens with one attached hydrogen (secondary N) is 2. The first-order valence-corrected chi connectivity index (χ1v) is 16.4. The summed E-state index contributed by atoms with van der Waals surface area (Å²) in [5, 5.41) is 24.7. The Morgan fingerprint density at radius 3 is 2.69 bits per heavy atom. The summed E-state index contributed by atoms with van der Waals surface area (Å²) >= 11 is 0.930. The van der Waals surface area contributed by atoms with Gasteiger partial charge < -0.3 is 25.4 Å². The molecule has 1 aliphatic rings. The van der Waals surface area contributed by atoms with E-state index >= 15 is 0 Å². The number of thioether (sulfide) groups is 1. The molecular formula is C27H37N6O10PS. The molecule has 5 atom stereocenters. The second kappa shape index (κ2) is 14.1. The SMILES string of the molecule is CC(=O)OCC(C)(C)C(=O)SCCOP(=O)(NCc1ccccc1)OCC1OC(n2cnc3c(=O)[nH]c(N)nc32)C(C)(O)C1O. The summed E-state index contributed by atoms with van der Waals surface area (Å²) in [4.78, 5) is 46.5. The highest BCUT2D eigenvalue weighted by Crippen LogP contribution is 2.47. The van der Waals surface area contributed by atoms with E-state index in [0.29, 0.717) is 0 Å². The molecule has 18 heteroatoms. The number of fused-ring (bicyclic) bond motifs is 1. The van der Waals surface area contributed by atoms with Crippen molar-refractivity contribution in [3.05, 3.63) is 52.6 Å². The number of aromatic nitrogens is 4. The van der Waals surface area contributed by atoms with Crippen LogP contribution in [0.25, 0.3) is 11.2 Å². The van der Waals surface area contributed by atoms with E-state index in [-0.39, 0.29) is 47.7 Å². The first-order chi connectivity index (χ1) is 21.1. The first kappa shape index (κ1) is 34.7. The number of aliphatic hydroxyl groups excluding tert-OH is 1. The molecule has 6 N–H and O–H groups in total. The zero-order valence-electron chi connectivity index (χ0n) is 25.2. The normalized spacial score (nSPS) is 23.2. The van der Waals surface area contributed by atoms with Gasteiger partial charge in [0.2, 0.25) is 5.95 Å². The van der Waals surface area contributed by atoms with Gasteiger partial charge >= 0.3 is 13.7 Å². The largest absolute Gasteiger partial charge is 0.465 e. The number of hydrogen-bond acceptors (Lipinski definition) is 14. The molecule has 2 aromatic heterocycles. The zero-order valence-corrected chi connectivity index (χ0v) is 26.9. The molecule has 3 heterocycles. The minimum Gasteiger partial charge on any atom is -0.465 e. The van der Waals surface area contributed by atoms with E-state index in [4.69, 9.17) is 24.3 Å². The van der Waals surface area contributed by atoms with Gasteiger partial charge in [-0.2, -0.15) is 4.98 Å². The van der Waals surface area contributed by atoms with Crippen molar-refractivity contribution in [1.29, 1.82) is 0 Å². The molecule has 3 aromatic rings. The lowest BCUT2D eigenvalue weighted by Crippen LogP contribution is -2.44. The van der Waals surface area contributed by atoms with Gasteiger partial charge in [-0.3, -0.25) is 33.0 Å². The maximum absolute atomic E-state index is 13.8. The van der Waals surface area contributed by atoms with Crippen LogP contribution in [0.3, 0.4) is 0 Å². The molecule has 0 saturated carbocycles. The number of H-pyrrole nitrogens is 1. The number of ether oxygens (including phenoxy) is 2.